The van der Waals surface area contributed by atoms with Gasteiger partial charge in [-0.1, -0.05) is 11.6 Å². The van der Waals surface area contributed by atoms with Crippen molar-refractivity contribution < 1.29 is 18.3 Å². The van der Waals surface area contributed by atoms with Crippen molar-refractivity contribution in [3.8, 4) is 5.75 Å². The molecule has 0 spiro atoms. The number of hydrogen-bond acceptors (Lipinski definition) is 3. The maximum Gasteiger partial charge on any atom is 0.387 e. The Morgan fingerprint density at radius 2 is 2.00 bits per heavy atom. The van der Waals surface area contributed by atoms with Crippen molar-refractivity contribution >= 4 is 47.4 Å². The molecule has 0 saturated heterocycles. The predicted octanol–water partition coefficient (Wildman–Crippen LogP) is 3.87. The molecule has 10 heteroatoms. The van der Waals surface area contributed by atoms with Gasteiger partial charge in [0.15, 0.2) is 5.96 Å². The van der Waals surface area contributed by atoms with Crippen molar-refractivity contribution in [2.24, 2.45) is 4.99 Å². The maximum atomic E-state index is 12.6. The quantitative estimate of drug-likeness (QED) is 0.318. The Hall–Kier alpha value is -1.36. The monoisotopic (exact) mass is 532 g/mol. The predicted molar refractivity (Wildman–Crippen MR) is 119 cm³/mol. The molecule has 0 saturated carbocycles. The Labute approximate surface area is 187 Å². The van der Waals surface area contributed by atoms with Crippen LogP contribution in [0.5, 0.6) is 5.75 Å². The molecule has 1 rings (SSSR count). The highest BCUT2D eigenvalue weighted by atomic mass is 127. The van der Waals surface area contributed by atoms with Crippen molar-refractivity contribution in [1.82, 2.24) is 15.5 Å². The van der Waals surface area contributed by atoms with Crippen LogP contribution in [0.25, 0.3) is 0 Å². The van der Waals surface area contributed by atoms with Crippen LogP contribution in [0, 0.1) is 0 Å². The third-order valence-corrected chi connectivity index (χ3v) is 3.46. The van der Waals surface area contributed by atoms with Gasteiger partial charge in [-0.3, -0.25) is 4.79 Å². The first-order valence-electron chi connectivity index (χ1n) is 8.55. The molecule has 28 heavy (non-hydrogen) atoms. The Bertz CT molecular complexity index is 669. The fourth-order valence-electron chi connectivity index (χ4n) is 2.26. The molecule has 0 unspecified atom stereocenters. The number of benzene rings is 1. The van der Waals surface area contributed by atoms with E-state index in [1.54, 1.807) is 11.9 Å². The summed E-state index contributed by atoms with van der Waals surface area (Å²) in [4.78, 5) is 18.2. The van der Waals surface area contributed by atoms with E-state index in [-0.39, 0.29) is 54.3 Å². The van der Waals surface area contributed by atoms with E-state index in [1.807, 2.05) is 27.7 Å². The van der Waals surface area contributed by atoms with Gasteiger partial charge in [0.05, 0.1) is 13.1 Å². The second-order valence-corrected chi connectivity index (χ2v) is 7.39. The van der Waals surface area contributed by atoms with Gasteiger partial charge in [0.2, 0.25) is 5.91 Å². The van der Waals surface area contributed by atoms with E-state index in [2.05, 4.69) is 20.4 Å². The number of rotatable bonds is 7. The van der Waals surface area contributed by atoms with Gasteiger partial charge < -0.3 is 20.3 Å². The summed E-state index contributed by atoms with van der Waals surface area (Å²) in [6.07, 6.45) is 0. The van der Waals surface area contributed by atoms with E-state index in [0.717, 1.165) is 0 Å². The molecule has 0 radical (unpaired) electrons. The molecular formula is C18H28ClF2IN4O2. The summed E-state index contributed by atoms with van der Waals surface area (Å²) in [6.45, 7) is 5.39. The average molecular weight is 533 g/mol. The molecule has 1 amide bonds. The van der Waals surface area contributed by atoms with Crippen molar-refractivity contribution in [3.05, 3.63) is 28.8 Å². The van der Waals surface area contributed by atoms with E-state index in [0.29, 0.717) is 23.1 Å². The van der Waals surface area contributed by atoms with E-state index < -0.39 is 6.61 Å². The van der Waals surface area contributed by atoms with Gasteiger partial charge in [0, 0.05) is 29.7 Å². The normalized spacial score (nSPS) is 11.7. The SMILES string of the molecule is CCNC(=NCc1cc(Cl)ccc1OC(F)F)N(C)CC(=O)NC(C)(C)C.I. The second-order valence-electron chi connectivity index (χ2n) is 6.95. The van der Waals surface area contributed by atoms with Crippen LogP contribution in [-0.2, 0) is 11.3 Å². The van der Waals surface area contributed by atoms with Crippen molar-refractivity contribution in [1.29, 1.82) is 0 Å². The molecule has 0 aliphatic rings. The lowest BCUT2D eigenvalue weighted by atomic mass is 10.1. The number of halogens is 4. The fraction of sp³-hybridized carbons (Fsp3) is 0.556. The summed E-state index contributed by atoms with van der Waals surface area (Å²) < 4.78 is 29.7. The van der Waals surface area contributed by atoms with Crippen molar-refractivity contribution in [2.45, 2.75) is 46.4 Å². The number of amides is 1. The van der Waals surface area contributed by atoms with E-state index >= 15 is 0 Å². The molecule has 0 heterocycles. The van der Waals surface area contributed by atoms with Gasteiger partial charge in [0.25, 0.3) is 0 Å². The summed E-state index contributed by atoms with van der Waals surface area (Å²) in [5.41, 5.74) is 0.0844. The Kier molecular flexibility index (Phi) is 11.7. The summed E-state index contributed by atoms with van der Waals surface area (Å²) in [5.74, 6) is 0.326. The maximum absolute atomic E-state index is 12.6. The average Bonchev–Trinajstić information content (AvgIpc) is 2.51. The van der Waals surface area contributed by atoms with Crippen LogP contribution in [0.1, 0.15) is 33.3 Å². The smallest absolute Gasteiger partial charge is 0.387 e. The molecule has 0 aliphatic heterocycles. The number of ether oxygens (including phenoxy) is 1. The standard InChI is InChI=1S/C18H27ClF2N4O2.HI/c1-6-22-17(25(5)11-15(26)24-18(2,3)4)23-10-12-9-13(19)7-8-14(12)27-16(20)21;/h7-9,16H,6,10-11H2,1-5H3,(H,22,23)(H,24,26);1H. The number of guanidine groups is 1. The third kappa shape index (κ3) is 10.3. The van der Waals surface area contributed by atoms with Crippen LogP contribution in [0.4, 0.5) is 8.78 Å². The summed E-state index contributed by atoms with van der Waals surface area (Å²) >= 11 is 5.95. The highest BCUT2D eigenvalue weighted by Crippen LogP contribution is 2.25. The first-order valence-corrected chi connectivity index (χ1v) is 8.93. The Balaban J connectivity index is 0.00000729. The largest absolute Gasteiger partial charge is 0.434 e. The third-order valence-electron chi connectivity index (χ3n) is 3.23. The van der Waals surface area contributed by atoms with Crippen molar-refractivity contribution in [3.63, 3.8) is 0 Å². The van der Waals surface area contributed by atoms with Crippen LogP contribution in [0.15, 0.2) is 23.2 Å². The Morgan fingerprint density at radius 1 is 1.36 bits per heavy atom. The zero-order valence-corrected chi connectivity index (χ0v) is 19.8. The van der Waals surface area contributed by atoms with Crippen molar-refractivity contribution in [2.75, 3.05) is 20.1 Å². The first kappa shape index (κ1) is 26.6. The van der Waals surface area contributed by atoms with E-state index in [1.165, 1.54) is 18.2 Å². The van der Waals surface area contributed by atoms with E-state index in [4.69, 9.17) is 11.6 Å². The highest BCUT2D eigenvalue weighted by molar-refractivity contribution is 14.0. The fourth-order valence-corrected chi connectivity index (χ4v) is 2.46. The topological polar surface area (TPSA) is 66.0 Å². The molecule has 0 aliphatic carbocycles. The zero-order chi connectivity index (χ0) is 20.6. The minimum absolute atomic E-state index is 0. The first-order chi connectivity index (χ1) is 12.5. The molecule has 0 bridgehead atoms. The van der Waals surface area contributed by atoms with Gasteiger partial charge in [-0.25, -0.2) is 4.99 Å². The molecule has 160 valence electrons. The Morgan fingerprint density at radius 3 is 2.54 bits per heavy atom. The highest BCUT2D eigenvalue weighted by Gasteiger charge is 2.17. The van der Waals surface area contributed by atoms with Gasteiger partial charge in [-0.2, -0.15) is 8.78 Å². The van der Waals surface area contributed by atoms with Gasteiger partial charge in [-0.15, -0.1) is 24.0 Å². The number of alkyl halides is 2. The molecule has 1 aromatic carbocycles. The van der Waals surface area contributed by atoms with Crippen LogP contribution >= 0.6 is 35.6 Å². The minimum Gasteiger partial charge on any atom is -0.434 e. The molecule has 0 atom stereocenters. The van der Waals surface area contributed by atoms with Gasteiger partial charge in [-0.05, 0) is 45.9 Å². The number of nitrogens with zero attached hydrogens (tertiary/aromatic N) is 2. The zero-order valence-electron chi connectivity index (χ0n) is 16.7. The molecule has 2 N–H and O–H groups in total. The minimum atomic E-state index is -2.94. The van der Waals surface area contributed by atoms with E-state index in [9.17, 15) is 13.6 Å². The van der Waals surface area contributed by atoms with Crippen LogP contribution in [0.3, 0.4) is 0 Å². The molecule has 0 fully saturated rings. The number of carbonyl (C=O) groups is 1. The molecule has 1 aromatic rings. The molecular weight excluding hydrogens is 505 g/mol. The lowest BCUT2D eigenvalue weighted by Gasteiger charge is -2.25. The summed E-state index contributed by atoms with van der Waals surface area (Å²) in [6, 6.07) is 4.38. The number of carbonyl (C=O) groups excluding carboxylic acids is 1. The number of hydrogen-bond donors (Lipinski definition) is 2. The van der Waals surface area contributed by atoms with Gasteiger partial charge in [0.1, 0.15) is 5.75 Å². The lowest BCUT2D eigenvalue weighted by Crippen LogP contribution is -2.48. The number of aliphatic imine (C=N–C) groups is 1. The molecule has 6 nitrogen and oxygen atoms in total. The number of nitrogens with one attached hydrogen (secondary N) is 2. The second kappa shape index (κ2) is 12.3. The summed E-state index contributed by atoms with van der Waals surface area (Å²) in [7, 11) is 1.72. The molecule has 0 aromatic heterocycles. The van der Waals surface area contributed by atoms with Crippen LogP contribution in [0.2, 0.25) is 5.02 Å². The summed E-state index contributed by atoms with van der Waals surface area (Å²) in [5, 5.41) is 6.34. The number of likely N-dealkylation sites (N-methyl/N-ethyl adjacent to an activating group) is 1. The van der Waals surface area contributed by atoms with Crippen LogP contribution in [-0.4, -0.2) is 49.1 Å². The van der Waals surface area contributed by atoms with Gasteiger partial charge >= 0.3 is 6.61 Å². The van der Waals surface area contributed by atoms with Crippen LogP contribution < -0.4 is 15.4 Å². The lowest BCUT2D eigenvalue weighted by molar-refractivity contribution is -0.122.